The van der Waals surface area contributed by atoms with Crippen LogP contribution < -0.4 is 0 Å². The van der Waals surface area contributed by atoms with Crippen LogP contribution in [0.25, 0.3) is 0 Å². The van der Waals surface area contributed by atoms with Crippen LogP contribution in [0.4, 0.5) is 0 Å². The molecule has 0 radical (unpaired) electrons. The van der Waals surface area contributed by atoms with Crippen LogP contribution in [0.2, 0.25) is 0 Å². The van der Waals surface area contributed by atoms with Gasteiger partial charge in [0.1, 0.15) is 12.3 Å². The van der Waals surface area contributed by atoms with Crippen molar-refractivity contribution < 1.29 is 14.4 Å². The van der Waals surface area contributed by atoms with Crippen LogP contribution >= 0.6 is 11.8 Å². The Kier molecular flexibility index (Phi) is 3.12. The summed E-state index contributed by atoms with van der Waals surface area (Å²) in [6.07, 6.45) is 1.22. The van der Waals surface area contributed by atoms with Crippen LogP contribution in [0.1, 0.15) is 6.92 Å². The molecular weight excluding hydrogens is 242 g/mol. The number of carbonyl (C=O) groups excluding carboxylic acids is 2. The maximum Gasteiger partial charge on any atom is 0.283 e. The molecule has 0 spiro atoms. The zero-order valence-electron chi connectivity index (χ0n) is 9.63. The van der Waals surface area contributed by atoms with E-state index in [2.05, 4.69) is 9.98 Å². The van der Waals surface area contributed by atoms with Gasteiger partial charge in [-0.05, 0) is 12.5 Å². The van der Waals surface area contributed by atoms with Gasteiger partial charge in [0.05, 0.1) is 17.1 Å². The molecule has 0 bridgehead atoms. The quantitative estimate of drug-likeness (QED) is 0.676. The zero-order chi connectivity index (χ0) is 12.6. The number of hydrogen-bond acceptors (Lipinski definition) is 5. The SMILES string of the molecule is CON(C)C(=O)C1=C(C)C2C(=O)N=CN=C2S1. The van der Waals surface area contributed by atoms with Gasteiger partial charge in [0.15, 0.2) is 0 Å². The second kappa shape index (κ2) is 4.42. The van der Waals surface area contributed by atoms with Crippen molar-refractivity contribution in [2.24, 2.45) is 15.9 Å². The number of carbonyl (C=O) groups is 2. The van der Waals surface area contributed by atoms with Crippen LogP contribution in [-0.2, 0) is 14.4 Å². The summed E-state index contributed by atoms with van der Waals surface area (Å²) >= 11 is 1.20. The van der Waals surface area contributed by atoms with Crippen molar-refractivity contribution in [2.75, 3.05) is 14.2 Å². The van der Waals surface area contributed by atoms with Gasteiger partial charge < -0.3 is 0 Å². The molecule has 0 fully saturated rings. The number of hydrogen-bond donors (Lipinski definition) is 0. The maximum absolute atomic E-state index is 12.0. The minimum atomic E-state index is -0.491. The van der Waals surface area contributed by atoms with E-state index in [0.29, 0.717) is 15.5 Å². The summed E-state index contributed by atoms with van der Waals surface area (Å²) in [6, 6.07) is 0. The highest BCUT2D eigenvalue weighted by atomic mass is 32.2. The second-order valence-corrected chi connectivity index (χ2v) is 4.61. The lowest BCUT2D eigenvalue weighted by molar-refractivity contribution is -0.163. The molecular formula is C10H11N3O3S. The molecule has 0 aliphatic carbocycles. The Morgan fingerprint density at radius 3 is 2.88 bits per heavy atom. The topological polar surface area (TPSA) is 71.3 Å². The molecule has 2 aliphatic rings. The molecule has 0 saturated carbocycles. The Balaban J connectivity index is 2.33. The summed E-state index contributed by atoms with van der Waals surface area (Å²) in [7, 11) is 2.93. The van der Waals surface area contributed by atoms with Gasteiger partial charge >= 0.3 is 0 Å². The number of fused-ring (bicyclic) bond motifs is 1. The number of likely N-dealkylation sites (N-methyl/N-ethyl adjacent to an activating group) is 1. The summed E-state index contributed by atoms with van der Waals surface area (Å²) in [5, 5.41) is 1.73. The van der Waals surface area contributed by atoms with E-state index in [1.165, 1.54) is 32.3 Å². The average Bonchev–Trinajstić information content (AvgIpc) is 2.66. The van der Waals surface area contributed by atoms with Gasteiger partial charge in [-0.3, -0.25) is 14.4 Å². The molecule has 2 rings (SSSR count). The van der Waals surface area contributed by atoms with Gasteiger partial charge in [-0.1, -0.05) is 11.8 Å². The van der Waals surface area contributed by atoms with E-state index in [0.717, 1.165) is 5.06 Å². The molecule has 0 N–H and O–H groups in total. The first kappa shape index (κ1) is 12.0. The standard InChI is InChI=1S/C10H11N3O3S/c1-5-6-8(14)11-4-12-9(6)17-7(5)10(15)13(2)16-3/h4,6H,1-3H3. The predicted octanol–water partition coefficient (Wildman–Crippen LogP) is 0.610. The molecule has 17 heavy (non-hydrogen) atoms. The third kappa shape index (κ3) is 1.91. The van der Waals surface area contributed by atoms with E-state index < -0.39 is 5.92 Å². The highest BCUT2D eigenvalue weighted by Crippen LogP contribution is 2.40. The number of aliphatic imine (C=N–C) groups is 2. The largest absolute Gasteiger partial charge is 0.283 e. The van der Waals surface area contributed by atoms with Crippen molar-refractivity contribution >= 4 is 35.0 Å². The van der Waals surface area contributed by atoms with Crippen LogP contribution in [-0.4, -0.2) is 42.4 Å². The first-order valence-corrected chi connectivity index (χ1v) is 5.72. The highest BCUT2D eigenvalue weighted by Gasteiger charge is 2.39. The van der Waals surface area contributed by atoms with E-state index in [4.69, 9.17) is 4.84 Å². The number of nitrogens with zero attached hydrogens (tertiary/aromatic N) is 3. The summed E-state index contributed by atoms with van der Waals surface area (Å²) in [4.78, 5) is 36.5. The lowest BCUT2D eigenvalue weighted by Crippen LogP contribution is -2.26. The van der Waals surface area contributed by atoms with E-state index in [1.807, 2.05) is 0 Å². The Bertz CT molecular complexity index is 481. The number of amides is 2. The fraction of sp³-hybridized carbons (Fsp3) is 0.400. The molecule has 2 amide bonds. The molecule has 0 saturated heterocycles. The lowest BCUT2D eigenvalue weighted by Gasteiger charge is -2.14. The van der Waals surface area contributed by atoms with Crippen LogP contribution in [0.5, 0.6) is 0 Å². The third-order valence-corrected chi connectivity index (χ3v) is 3.87. The molecule has 90 valence electrons. The van der Waals surface area contributed by atoms with Crippen LogP contribution in [0, 0.1) is 5.92 Å². The molecule has 0 aromatic rings. The Morgan fingerprint density at radius 1 is 1.59 bits per heavy atom. The Hall–Kier alpha value is -1.47. The molecule has 2 aliphatic heterocycles. The molecule has 0 aromatic carbocycles. The van der Waals surface area contributed by atoms with Crippen molar-refractivity contribution in [1.82, 2.24) is 5.06 Å². The van der Waals surface area contributed by atoms with E-state index in [1.54, 1.807) is 6.92 Å². The average molecular weight is 253 g/mol. The number of hydroxylamine groups is 2. The van der Waals surface area contributed by atoms with Crippen molar-refractivity contribution in [3.8, 4) is 0 Å². The zero-order valence-corrected chi connectivity index (χ0v) is 10.4. The molecule has 7 heteroatoms. The lowest BCUT2D eigenvalue weighted by atomic mass is 10.00. The third-order valence-electron chi connectivity index (χ3n) is 2.62. The van der Waals surface area contributed by atoms with Gasteiger partial charge in [0.2, 0.25) is 0 Å². The van der Waals surface area contributed by atoms with Gasteiger partial charge in [0.25, 0.3) is 11.8 Å². The van der Waals surface area contributed by atoms with Gasteiger partial charge in [0, 0.05) is 7.05 Å². The van der Waals surface area contributed by atoms with Gasteiger partial charge in [-0.15, -0.1) is 0 Å². The van der Waals surface area contributed by atoms with Crippen molar-refractivity contribution in [3.63, 3.8) is 0 Å². The maximum atomic E-state index is 12.0. The molecule has 1 atom stereocenters. The van der Waals surface area contributed by atoms with Gasteiger partial charge in [-0.25, -0.2) is 15.0 Å². The minimum absolute atomic E-state index is 0.275. The summed E-state index contributed by atoms with van der Waals surface area (Å²) < 4.78 is 0. The normalized spacial score (nSPS) is 22.6. The fourth-order valence-electron chi connectivity index (χ4n) is 1.61. The van der Waals surface area contributed by atoms with E-state index in [-0.39, 0.29) is 11.8 Å². The van der Waals surface area contributed by atoms with Crippen LogP contribution in [0.3, 0.4) is 0 Å². The van der Waals surface area contributed by atoms with Gasteiger partial charge in [-0.2, -0.15) is 0 Å². The minimum Gasteiger partial charge on any atom is -0.274 e. The monoisotopic (exact) mass is 253 g/mol. The van der Waals surface area contributed by atoms with Crippen molar-refractivity contribution in [2.45, 2.75) is 6.92 Å². The fourth-order valence-corrected chi connectivity index (χ4v) is 2.81. The van der Waals surface area contributed by atoms with E-state index >= 15 is 0 Å². The molecule has 2 heterocycles. The Labute approximate surface area is 102 Å². The highest BCUT2D eigenvalue weighted by molar-refractivity contribution is 8.18. The first-order valence-electron chi connectivity index (χ1n) is 4.91. The van der Waals surface area contributed by atoms with Crippen molar-refractivity contribution in [3.05, 3.63) is 10.5 Å². The second-order valence-electron chi connectivity index (χ2n) is 3.58. The Morgan fingerprint density at radius 2 is 2.29 bits per heavy atom. The molecule has 6 nitrogen and oxygen atoms in total. The predicted molar refractivity (Wildman–Crippen MR) is 64.5 cm³/mol. The number of rotatable bonds is 2. The molecule has 0 aromatic heterocycles. The summed E-state index contributed by atoms with van der Waals surface area (Å²) in [6.45, 7) is 1.75. The number of thioether (sulfide) groups is 1. The van der Waals surface area contributed by atoms with Crippen LogP contribution in [0.15, 0.2) is 20.5 Å². The summed E-state index contributed by atoms with van der Waals surface area (Å²) in [5.74, 6) is -1.04. The summed E-state index contributed by atoms with van der Waals surface area (Å²) in [5.41, 5.74) is 0.685. The smallest absolute Gasteiger partial charge is 0.274 e. The molecule has 1 unspecified atom stereocenters. The van der Waals surface area contributed by atoms with E-state index in [9.17, 15) is 9.59 Å². The van der Waals surface area contributed by atoms with Crippen molar-refractivity contribution in [1.29, 1.82) is 0 Å². The first-order chi connectivity index (χ1) is 8.06.